The first-order chi connectivity index (χ1) is 7.38. The summed E-state index contributed by atoms with van der Waals surface area (Å²) in [5, 5.41) is 7.43. The first-order valence-corrected chi connectivity index (χ1v) is 8.34. The molecule has 1 unspecified atom stereocenters. The first kappa shape index (κ1) is 11.6. The van der Waals surface area contributed by atoms with Crippen LogP contribution in [-0.2, 0) is 6.42 Å². The van der Waals surface area contributed by atoms with Gasteiger partial charge in [-0.3, -0.25) is 0 Å². The van der Waals surface area contributed by atoms with Gasteiger partial charge in [0.1, 0.15) is 0 Å². The van der Waals surface area contributed by atoms with Gasteiger partial charge >= 0.3 is 0 Å². The van der Waals surface area contributed by atoms with Gasteiger partial charge in [0.25, 0.3) is 0 Å². The average molecular weight is 260 g/mol. The van der Waals surface area contributed by atoms with E-state index in [1.807, 2.05) is 0 Å². The highest BCUT2D eigenvalue weighted by atomic mass is 32.2. The molecular formula is C10H16N2S3. The number of hydrogen-bond donors (Lipinski definition) is 1. The second-order valence-corrected chi connectivity index (χ2v) is 6.86. The lowest BCUT2D eigenvalue weighted by atomic mass is 10.4. The minimum atomic E-state index is 0.762. The zero-order valence-electron chi connectivity index (χ0n) is 8.86. The van der Waals surface area contributed by atoms with Crippen molar-refractivity contribution in [1.29, 1.82) is 0 Å². The summed E-state index contributed by atoms with van der Waals surface area (Å²) in [5.74, 6) is 3.90. The number of nitrogens with one attached hydrogen (secondary N) is 1. The SMILES string of the molecule is CCc1csc(NCC2CSCCS2)n1. The Hall–Kier alpha value is 0.130. The molecule has 0 spiro atoms. The highest BCUT2D eigenvalue weighted by molar-refractivity contribution is 8.06. The summed E-state index contributed by atoms with van der Waals surface area (Å²) < 4.78 is 0. The summed E-state index contributed by atoms with van der Waals surface area (Å²) in [4.78, 5) is 4.50. The molecule has 1 fully saturated rings. The van der Waals surface area contributed by atoms with Gasteiger partial charge in [-0.15, -0.1) is 11.3 Å². The summed E-state index contributed by atoms with van der Waals surface area (Å²) in [7, 11) is 0. The van der Waals surface area contributed by atoms with Crippen LogP contribution >= 0.6 is 34.9 Å². The Morgan fingerprint density at radius 3 is 3.13 bits per heavy atom. The number of thioether (sulfide) groups is 2. The van der Waals surface area contributed by atoms with Crippen LogP contribution in [0.4, 0.5) is 5.13 Å². The minimum Gasteiger partial charge on any atom is -0.360 e. The van der Waals surface area contributed by atoms with Gasteiger partial charge in [-0.1, -0.05) is 6.92 Å². The van der Waals surface area contributed by atoms with E-state index in [0.29, 0.717) is 0 Å². The van der Waals surface area contributed by atoms with Crippen LogP contribution in [0.2, 0.25) is 0 Å². The van der Waals surface area contributed by atoms with Crippen LogP contribution in [0, 0.1) is 0 Å². The van der Waals surface area contributed by atoms with Crippen LogP contribution in [0.1, 0.15) is 12.6 Å². The third-order valence-corrected chi connectivity index (χ3v) is 5.97. The Kier molecular flexibility index (Phi) is 4.65. The quantitative estimate of drug-likeness (QED) is 0.900. The van der Waals surface area contributed by atoms with E-state index in [-0.39, 0.29) is 0 Å². The Labute approximate surface area is 104 Å². The topological polar surface area (TPSA) is 24.9 Å². The molecular weight excluding hydrogens is 244 g/mol. The normalized spacial score (nSPS) is 21.5. The maximum Gasteiger partial charge on any atom is 0.182 e. The Balaban J connectivity index is 1.76. The van der Waals surface area contributed by atoms with E-state index in [1.165, 1.54) is 23.0 Å². The lowest BCUT2D eigenvalue weighted by Crippen LogP contribution is -2.23. The Morgan fingerprint density at radius 1 is 1.53 bits per heavy atom. The van der Waals surface area contributed by atoms with Gasteiger partial charge in [0, 0.05) is 34.4 Å². The van der Waals surface area contributed by atoms with Gasteiger partial charge in [0.2, 0.25) is 0 Å². The van der Waals surface area contributed by atoms with E-state index in [0.717, 1.165) is 23.3 Å². The van der Waals surface area contributed by atoms with Crippen LogP contribution < -0.4 is 5.32 Å². The molecule has 2 rings (SSSR count). The summed E-state index contributed by atoms with van der Waals surface area (Å²) >= 11 is 5.88. The molecule has 1 atom stereocenters. The molecule has 5 heteroatoms. The molecule has 15 heavy (non-hydrogen) atoms. The smallest absolute Gasteiger partial charge is 0.182 e. The molecule has 84 valence electrons. The van der Waals surface area contributed by atoms with Crippen LogP contribution in [0.3, 0.4) is 0 Å². The molecule has 0 bridgehead atoms. The third-order valence-electron chi connectivity index (χ3n) is 2.28. The fraction of sp³-hybridized carbons (Fsp3) is 0.700. The van der Waals surface area contributed by atoms with Crippen LogP contribution in [-0.4, -0.2) is 34.0 Å². The van der Waals surface area contributed by atoms with Gasteiger partial charge in [-0.2, -0.15) is 23.5 Å². The third kappa shape index (κ3) is 3.57. The van der Waals surface area contributed by atoms with Crippen molar-refractivity contribution in [1.82, 2.24) is 4.98 Å². The van der Waals surface area contributed by atoms with Crippen molar-refractivity contribution < 1.29 is 0 Å². The molecule has 1 aromatic heterocycles. The fourth-order valence-corrected chi connectivity index (χ4v) is 4.82. The van der Waals surface area contributed by atoms with Crippen LogP contribution in [0.25, 0.3) is 0 Å². The lowest BCUT2D eigenvalue weighted by molar-refractivity contribution is 0.990. The van der Waals surface area contributed by atoms with E-state index in [2.05, 4.69) is 46.1 Å². The van der Waals surface area contributed by atoms with Crippen molar-refractivity contribution in [2.45, 2.75) is 18.6 Å². The predicted molar refractivity (Wildman–Crippen MR) is 73.6 cm³/mol. The van der Waals surface area contributed by atoms with E-state index < -0.39 is 0 Å². The predicted octanol–water partition coefficient (Wildman–Crippen LogP) is 2.97. The first-order valence-electron chi connectivity index (χ1n) is 5.26. The van der Waals surface area contributed by atoms with Crippen LogP contribution in [0.15, 0.2) is 5.38 Å². The van der Waals surface area contributed by atoms with E-state index in [4.69, 9.17) is 0 Å². The molecule has 2 heterocycles. The molecule has 2 nitrogen and oxygen atoms in total. The average Bonchev–Trinajstić information content (AvgIpc) is 2.76. The fourth-order valence-electron chi connectivity index (χ4n) is 1.41. The lowest BCUT2D eigenvalue weighted by Gasteiger charge is -2.20. The molecule has 1 N–H and O–H groups in total. The van der Waals surface area contributed by atoms with Gasteiger partial charge in [0.05, 0.1) is 5.69 Å². The highest BCUT2D eigenvalue weighted by Gasteiger charge is 2.14. The largest absolute Gasteiger partial charge is 0.360 e. The Morgan fingerprint density at radius 2 is 2.47 bits per heavy atom. The molecule has 1 aliphatic rings. The van der Waals surface area contributed by atoms with E-state index >= 15 is 0 Å². The minimum absolute atomic E-state index is 0.762. The molecule has 1 aliphatic heterocycles. The molecule has 0 aromatic carbocycles. The number of nitrogens with zero attached hydrogens (tertiary/aromatic N) is 1. The van der Waals surface area contributed by atoms with Crippen molar-refractivity contribution in [3.8, 4) is 0 Å². The second-order valence-electron chi connectivity index (χ2n) is 3.45. The van der Waals surface area contributed by atoms with Gasteiger partial charge in [-0.05, 0) is 6.42 Å². The number of anilines is 1. The maximum atomic E-state index is 4.50. The monoisotopic (exact) mass is 260 g/mol. The Bertz CT molecular complexity index is 295. The second kappa shape index (κ2) is 6.01. The summed E-state index contributed by atoms with van der Waals surface area (Å²) in [6, 6.07) is 0. The van der Waals surface area contributed by atoms with E-state index in [9.17, 15) is 0 Å². The molecule has 0 aliphatic carbocycles. The number of rotatable bonds is 4. The van der Waals surface area contributed by atoms with Crippen molar-refractivity contribution in [2.75, 3.05) is 29.1 Å². The zero-order chi connectivity index (χ0) is 10.5. The number of aryl methyl sites for hydroxylation is 1. The molecule has 1 saturated heterocycles. The molecule has 0 saturated carbocycles. The van der Waals surface area contributed by atoms with E-state index in [1.54, 1.807) is 11.3 Å². The standard InChI is InChI=1S/C10H16N2S3/c1-2-8-6-15-10(12-8)11-5-9-7-13-3-4-14-9/h6,9H,2-5,7H2,1H3,(H,11,12). The molecule has 0 radical (unpaired) electrons. The number of thiazole rings is 1. The van der Waals surface area contributed by atoms with Gasteiger partial charge in [-0.25, -0.2) is 4.98 Å². The zero-order valence-corrected chi connectivity index (χ0v) is 11.3. The highest BCUT2D eigenvalue weighted by Crippen LogP contribution is 2.24. The summed E-state index contributed by atoms with van der Waals surface area (Å²) in [6.07, 6.45) is 1.03. The summed E-state index contributed by atoms with van der Waals surface area (Å²) in [5.41, 5.74) is 1.20. The van der Waals surface area contributed by atoms with Crippen molar-refractivity contribution in [3.63, 3.8) is 0 Å². The van der Waals surface area contributed by atoms with Crippen molar-refractivity contribution in [2.24, 2.45) is 0 Å². The number of aromatic nitrogens is 1. The maximum absolute atomic E-state index is 4.50. The molecule has 0 amide bonds. The molecule has 1 aromatic rings. The van der Waals surface area contributed by atoms with Gasteiger partial charge < -0.3 is 5.32 Å². The summed E-state index contributed by atoms with van der Waals surface area (Å²) in [6.45, 7) is 3.21. The van der Waals surface area contributed by atoms with Crippen LogP contribution in [0.5, 0.6) is 0 Å². The number of hydrogen-bond acceptors (Lipinski definition) is 5. The van der Waals surface area contributed by atoms with Gasteiger partial charge in [0.15, 0.2) is 5.13 Å². The van der Waals surface area contributed by atoms with Crippen molar-refractivity contribution in [3.05, 3.63) is 11.1 Å². The van der Waals surface area contributed by atoms with Crippen molar-refractivity contribution >= 4 is 40.0 Å².